The van der Waals surface area contributed by atoms with Gasteiger partial charge in [-0.05, 0) is 43.3 Å². The number of amides is 2. The summed E-state index contributed by atoms with van der Waals surface area (Å²) in [5.41, 5.74) is 8.64. The lowest BCUT2D eigenvalue weighted by atomic mass is 10.0. The molecular weight excluding hydrogens is 406 g/mol. The number of methoxy groups -OCH3 is 1. The molecule has 2 N–H and O–H groups in total. The fraction of sp³-hybridized carbons (Fsp3) is 0.292. The minimum Gasteiger partial charge on any atom is -0.497 e. The Morgan fingerprint density at radius 1 is 1.16 bits per heavy atom. The summed E-state index contributed by atoms with van der Waals surface area (Å²) in [5.74, 6) is -0.0770. The average Bonchev–Trinajstić information content (AvgIpc) is 3.20. The Hall–Kier alpha value is -3.65. The second kappa shape index (κ2) is 9.23. The van der Waals surface area contributed by atoms with Crippen molar-refractivity contribution in [2.24, 2.45) is 5.73 Å². The summed E-state index contributed by atoms with van der Waals surface area (Å²) in [4.78, 5) is 29.4. The van der Waals surface area contributed by atoms with Crippen molar-refractivity contribution < 1.29 is 14.3 Å². The minimum absolute atomic E-state index is 0.143. The summed E-state index contributed by atoms with van der Waals surface area (Å²) < 4.78 is 6.74. The Morgan fingerprint density at radius 2 is 1.88 bits per heavy atom. The zero-order valence-electron chi connectivity index (χ0n) is 18.3. The number of carbonyl (C=O) groups is 2. The molecule has 8 heteroatoms. The van der Waals surface area contributed by atoms with Gasteiger partial charge >= 0.3 is 0 Å². The number of ether oxygens (including phenoxy) is 1. The molecule has 1 aliphatic rings. The number of nitrogens with two attached hydrogens (primary N) is 1. The largest absolute Gasteiger partial charge is 0.497 e. The number of nitrogens with zero attached hydrogens (tertiary/aromatic N) is 4. The number of hydrogen-bond donors (Lipinski definition) is 1. The van der Waals surface area contributed by atoms with Gasteiger partial charge in [0.15, 0.2) is 5.69 Å². The predicted octanol–water partition coefficient (Wildman–Crippen LogP) is 2.11. The summed E-state index contributed by atoms with van der Waals surface area (Å²) in [6.45, 7) is 2.65. The molecule has 166 valence electrons. The van der Waals surface area contributed by atoms with Crippen LogP contribution in [0.15, 0.2) is 54.6 Å². The van der Waals surface area contributed by atoms with E-state index >= 15 is 0 Å². The van der Waals surface area contributed by atoms with Crippen LogP contribution in [0, 0.1) is 0 Å². The van der Waals surface area contributed by atoms with E-state index in [1.165, 1.54) is 10.2 Å². The van der Waals surface area contributed by atoms with Gasteiger partial charge in [-0.3, -0.25) is 9.59 Å². The Balaban J connectivity index is 1.55. The summed E-state index contributed by atoms with van der Waals surface area (Å²) in [5, 5.41) is 4.40. The van der Waals surface area contributed by atoms with Crippen LogP contribution in [0.5, 0.6) is 5.75 Å². The molecule has 2 heterocycles. The molecule has 1 aromatic heterocycles. The number of benzene rings is 2. The van der Waals surface area contributed by atoms with E-state index in [4.69, 9.17) is 10.5 Å². The van der Waals surface area contributed by atoms with Gasteiger partial charge in [-0.15, -0.1) is 0 Å². The number of rotatable bonds is 8. The van der Waals surface area contributed by atoms with Crippen molar-refractivity contribution in [2.75, 3.05) is 33.8 Å². The van der Waals surface area contributed by atoms with Crippen LogP contribution in [0.2, 0.25) is 0 Å². The van der Waals surface area contributed by atoms with E-state index < -0.39 is 5.91 Å². The van der Waals surface area contributed by atoms with Crippen molar-refractivity contribution >= 4 is 11.8 Å². The highest BCUT2D eigenvalue weighted by Crippen LogP contribution is 2.26. The smallest absolute Gasteiger partial charge is 0.272 e. The molecular formula is C24H27N5O3. The summed E-state index contributed by atoms with van der Waals surface area (Å²) in [7, 11) is 3.63. The predicted molar refractivity (Wildman–Crippen MR) is 121 cm³/mol. The molecule has 0 atom stereocenters. The second-order valence-corrected chi connectivity index (χ2v) is 7.92. The van der Waals surface area contributed by atoms with Crippen LogP contribution in [-0.2, 0) is 13.0 Å². The molecule has 0 unspecified atom stereocenters. The third-order valence-corrected chi connectivity index (χ3v) is 5.70. The van der Waals surface area contributed by atoms with Crippen LogP contribution in [0.3, 0.4) is 0 Å². The average molecular weight is 434 g/mol. The van der Waals surface area contributed by atoms with E-state index in [9.17, 15) is 9.59 Å². The molecule has 0 fully saturated rings. The van der Waals surface area contributed by atoms with Gasteiger partial charge in [-0.2, -0.15) is 5.10 Å². The first kappa shape index (κ1) is 21.6. The van der Waals surface area contributed by atoms with Gasteiger partial charge in [-0.25, -0.2) is 4.68 Å². The maximum Gasteiger partial charge on any atom is 0.272 e. The van der Waals surface area contributed by atoms with Crippen LogP contribution in [0.1, 0.15) is 32.1 Å². The van der Waals surface area contributed by atoms with Crippen molar-refractivity contribution in [3.8, 4) is 11.4 Å². The van der Waals surface area contributed by atoms with Crippen molar-refractivity contribution in [3.63, 3.8) is 0 Å². The highest BCUT2D eigenvalue weighted by atomic mass is 16.5. The number of primary amides is 1. The molecule has 2 amide bonds. The lowest BCUT2D eigenvalue weighted by Gasteiger charge is -2.29. The van der Waals surface area contributed by atoms with Gasteiger partial charge in [0.2, 0.25) is 0 Å². The van der Waals surface area contributed by atoms with E-state index in [0.717, 1.165) is 13.1 Å². The third kappa shape index (κ3) is 4.36. The van der Waals surface area contributed by atoms with E-state index in [-0.39, 0.29) is 11.6 Å². The van der Waals surface area contributed by atoms with Crippen LogP contribution < -0.4 is 10.5 Å². The van der Waals surface area contributed by atoms with Crippen molar-refractivity contribution in [3.05, 3.63) is 77.1 Å². The minimum atomic E-state index is -0.627. The van der Waals surface area contributed by atoms with Crippen LogP contribution in [-0.4, -0.2) is 65.2 Å². The second-order valence-electron chi connectivity index (χ2n) is 7.92. The van der Waals surface area contributed by atoms with Gasteiger partial charge in [0.05, 0.1) is 12.8 Å². The van der Waals surface area contributed by atoms with Crippen molar-refractivity contribution in [1.82, 2.24) is 19.6 Å². The van der Waals surface area contributed by atoms with Crippen LogP contribution >= 0.6 is 0 Å². The number of likely N-dealkylation sites (N-methyl/N-ethyl adjacent to an activating group) is 1. The molecule has 0 saturated carbocycles. The van der Waals surface area contributed by atoms with Gasteiger partial charge in [0, 0.05) is 31.7 Å². The Morgan fingerprint density at radius 3 is 2.53 bits per heavy atom. The first-order valence-electron chi connectivity index (χ1n) is 10.6. The Kier molecular flexibility index (Phi) is 6.23. The number of aromatic nitrogens is 2. The molecule has 0 saturated heterocycles. The Bertz CT molecular complexity index is 1110. The molecule has 0 spiro atoms. The highest BCUT2D eigenvalue weighted by Gasteiger charge is 2.33. The van der Waals surface area contributed by atoms with Gasteiger partial charge in [-0.1, -0.05) is 30.3 Å². The van der Waals surface area contributed by atoms with Crippen LogP contribution in [0.25, 0.3) is 5.69 Å². The SMILES string of the molecule is COc1ccc(-n2nc(C(N)=O)c3c2C(=O)N(CCN(C)Cc2ccccc2)CC3)cc1. The third-order valence-electron chi connectivity index (χ3n) is 5.70. The molecule has 2 aromatic carbocycles. The zero-order chi connectivity index (χ0) is 22.7. The van der Waals surface area contributed by atoms with Gasteiger partial charge in [0.1, 0.15) is 11.4 Å². The standard InChI is InChI=1S/C24H27N5O3/c1-27(16-17-6-4-3-5-7-17)14-15-28-13-12-20-21(23(25)30)26-29(22(20)24(28)31)18-8-10-19(32-2)11-9-18/h3-11H,12-16H2,1-2H3,(H2,25,30). The Labute approximate surface area is 187 Å². The van der Waals surface area contributed by atoms with Crippen molar-refractivity contribution in [2.45, 2.75) is 13.0 Å². The van der Waals surface area contributed by atoms with Gasteiger partial charge < -0.3 is 20.3 Å². The molecule has 1 aliphatic heterocycles. The summed E-state index contributed by atoms with van der Waals surface area (Å²) in [6, 6.07) is 17.4. The highest BCUT2D eigenvalue weighted by molar-refractivity contribution is 6.01. The maximum atomic E-state index is 13.4. The number of hydrogen-bond acceptors (Lipinski definition) is 5. The first-order chi connectivity index (χ1) is 15.5. The fourth-order valence-corrected chi connectivity index (χ4v) is 3.99. The number of fused-ring (bicyclic) bond motifs is 1. The van der Waals surface area contributed by atoms with E-state index in [2.05, 4.69) is 22.1 Å². The zero-order valence-corrected chi connectivity index (χ0v) is 18.3. The topological polar surface area (TPSA) is 93.7 Å². The molecule has 4 rings (SSSR count). The lowest BCUT2D eigenvalue weighted by molar-refractivity contribution is 0.0714. The van der Waals surface area contributed by atoms with E-state index in [0.29, 0.717) is 42.2 Å². The first-order valence-corrected chi connectivity index (χ1v) is 10.6. The molecule has 0 bridgehead atoms. The molecule has 0 aliphatic carbocycles. The number of carbonyl (C=O) groups excluding carboxylic acids is 2. The molecule has 3 aromatic rings. The molecule has 0 radical (unpaired) electrons. The lowest BCUT2D eigenvalue weighted by Crippen LogP contribution is -2.42. The molecule has 8 nitrogen and oxygen atoms in total. The monoisotopic (exact) mass is 433 g/mol. The van der Waals surface area contributed by atoms with Crippen molar-refractivity contribution in [1.29, 1.82) is 0 Å². The van der Waals surface area contributed by atoms with E-state index in [1.807, 2.05) is 30.1 Å². The maximum absolute atomic E-state index is 13.4. The normalized spacial score (nSPS) is 13.3. The van der Waals surface area contributed by atoms with Crippen LogP contribution in [0.4, 0.5) is 0 Å². The summed E-state index contributed by atoms with van der Waals surface area (Å²) in [6.07, 6.45) is 0.540. The quantitative estimate of drug-likeness (QED) is 0.587. The fourth-order valence-electron chi connectivity index (χ4n) is 3.99. The molecule has 32 heavy (non-hydrogen) atoms. The van der Waals surface area contributed by atoms with E-state index in [1.54, 1.807) is 31.4 Å². The van der Waals surface area contributed by atoms with Gasteiger partial charge in [0.25, 0.3) is 11.8 Å². The summed E-state index contributed by atoms with van der Waals surface area (Å²) >= 11 is 0.